The molecule has 1 aromatic heterocycles. The van der Waals surface area contributed by atoms with Gasteiger partial charge in [-0.05, 0) is 12.1 Å². The predicted molar refractivity (Wildman–Crippen MR) is 77.8 cm³/mol. The van der Waals surface area contributed by atoms with E-state index in [-0.39, 0.29) is 11.9 Å². The van der Waals surface area contributed by atoms with Gasteiger partial charge >= 0.3 is 0 Å². The van der Waals surface area contributed by atoms with E-state index < -0.39 is 0 Å². The van der Waals surface area contributed by atoms with Crippen LogP contribution in [0.2, 0.25) is 0 Å². The van der Waals surface area contributed by atoms with Crippen LogP contribution in [0, 0.1) is 0 Å². The summed E-state index contributed by atoms with van der Waals surface area (Å²) in [7, 11) is 0. The fourth-order valence-corrected chi connectivity index (χ4v) is 2.87. The number of morpholine rings is 1. The van der Waals surface area contributed by atoms with Gasteiger partial charge in [0.1, 0.15) is 5.76 Å². The quantitative estimate of drug-likeness (QED) is 0.865. The second-order valence-corrected chi connectivity index (χ2v) is 5.67. The number of nitrogens with one attached hydrogen (secondary N) is 1. The lowest BCUT2D eigenvalue weighted by atomic mass is 10.1. The van der Waals surface area contributed by atoms with Crippen LogP contribution in [0.15, 0.2) is 22.8 Å². The number of piperazine rings is 1. The first-order valence-corrected chi connectivity index (χ1v) is 7.65. The van der Waals surface area contributed by atoms with Gasteiger partial charge in [0.2, 0.25) is 5.91 Å². The summed E-state index contributed by atoms with van der Waals surface area (Å²) < 4.78 is 10.8. The predicted octanol–water partition coefficient (Wildman–Crippen LogP) is 0.302. The molecule has 0 saturated carbocycles. The zero-order valence-electron chi connectivity index (χ0n) is 12.3. The smallest absolute Gasteiger partial charge is 0.224 e. The topological polar surface area (TPSA) is 58.0 Å². The minimum Gasteiger partial charge on any atom is -0.468 e. The molecule has 0 bridgehead atoms. The molecule has 21 heavy (non-hydrogen) atoms. The SMILES string of the molecule is O=C(CC1COCCN1)N1CCN(Cc2ccco2)CC1. The Morgan fingerprint density at radius 1 is 1.33 bits per heavy atom. The summed E-state index contributed by atoms with van der Waals surface area (Å²) >= 11 is 0. The maximum Gasteiger partial charge on any atom is 0.224 e. The zero-order valence-corrected chi connectivity index (χ0v) is 12.3. The molecule has 6 nitrogen and oxygen atoms in total. The van der Waals surface area contributed by atoms with Crippen LogP contribution in [0.25, 0.3) is 0 Å². The standard InChI is InChI=1S/C15H23N3O3/c19-15(10-13-12-20-9-3-16-13)18-6-4-17(5-7-18)11-14-2-1-8-21-14/h1-2,8,13,16H,3-7,9-12H2. The van der Waals surface area contributed by atoms with Gasteiger partial charge in [0.05, 0.1) is 26.0 Å². The molecule has 0 radical (unpaired) electrons. The monoisotopic (exact) mass is 293 g/mol. The Morgan fingerprint density at radius 3 is 2.86 bits per heavy atom. The van der Waals surface area contributed by atoms with E-state index in [1.807, 2.05) is 17.0 Å². The molecule has 1 aromatic rings. The first kappa shape index (κ1) is 14.6. The van der Waals surface area contributed by atoms with Crippen molar-refractivity contribution in [3.8, 4) is 0 Å². The van der Waals surface area contributed by atoms with E-state index >= 15 is 0 Å². The molecule has 0 spiro atoms. The third-order valence-corrected chi connectivity index (χ3v) is 4.10. The molecule has 0 aromatic carbocycles. The van der Waals surface area contributed by atoms with E-state index in [0.29, 0.717) is 13.0 Å². The van der Waals surface area contributed by atoms with E-state index in [4.69, 9.17) is 9.15 Å². The van der Waals surface area contributed by atoms with Gasteiger partial charge in [0, 0.05) is 45.2 Å². The molecule has 2 fully saturated rings. The fourth-order valence-electron chi connectivity index (χ4n) is 2.87. The molecule has 3 rings (SSSR count). The Kier molecular flexibility index (Phi) is 4.90. The van der Waals surface area contributed by atoms with Crippen molar-refractivity contribution < 1.29 is 13.9 Å². The summed E-state index contributed by atoms with van der Waals surface area (Å²) in [5, 5.41) is 3.33. The minimum atomic E-state index is 0.174. The van der Waals surface area contributed by atoms with Crippen molar-refractivity contribution in [2.75, 3.05) is 45.9 Å². The second kappa shape index (κ2) is 7.06. The number of hydrogen-bond donors (Lipinski definition) is 1. The summed E-state index contributed by atoms with van der Waals surface area (Å²) in [5.41, 5.74) is 0. The van der Waals surface area contributed by atoms with E-state index in [0.717, 1.165) is 51.6 Å². The average molecular weight is 293 g/mol. The van der Waals surface area contributed by atoms with Crippen LogP contribution in [0.4, 0.5) is 0 Å². The number of nitrogens with zero attached hydrogens (tertiary/aromatic N) is 2. The van der Waals surface area contributed by atoms with Crippen LogP contribution < -0.4 is 5.32 Å². The third kappa shape index (κ3) is 4.06. The summed E-state index contributed by atoms with van der Waals surface area (Å²) in [5.74, 6) is 1.22. The highest BCUT2D eigenvalue weighted by atomic mass is 16.5. The van der Waals surface area contributed by atoms with Crippen LogP contribution in [-0.2, 0) is 16.1 Å². The number of furan rings is 1. The van der Waals surface area contributed by atoms with Crippen LogP contribution >= 0.6 is 0 Å². The van der Waals surface area contributed by atoms with Crippen molar-refractivity contribution in [1.29, 1.82) is 0 Å². The van der Waals surface area contributed by atoms with E-state index in [9.17, 15) is 4.79 Å². The highest BCUT2D eigenvalue weighted by Crippen LogP contribution is 2.11. The first-order chi connectivity index (χ1) is 10.3. The molecule has 1 N–H and O–H groups in total. The number of rotatable bonds is 4. The highest BCUT2D eigenvalue weighted by Gasteiger charge is 2.24. The first-order valence-electron chi connectivity index (χ1n) is 7.65. The summed E-state index contributed by atoms with van der Waals surface area (Å²) in [6.07, 6.45) is 2.24. The summed E-state index contributed by atoms with van der Waals surface area (Å²) in [4.78, 5) is 16.6. The van der Waals surface area contributed by atoms with Gasteiger partial charge in [-0.1, -0.05) is 0 Å². The van der Waals surface area contributed by atoms with Crippen LogP contribution in [0.5, 0.6) is 0 Å². The van der Waals surface area contributed by atoms with Gasteiger partial charge in [-0.25, -0.2) is 0 Å². The highest BCUT2D eigenvalue weighted by molar-refractivity contribution is 5.77. The Labute approximate surface area is 125 Å². The molecule has 2 saturated heterocycles. The number of ether oxygens (including phenoxy) is 1. The molecular formula is C15H23N3O3. The lowest BCUT2D eigenvalue weighted by molar-refractivity contribution is -0.134. The Balaban J connectivity index is 1.41. The number of carbonyl (C=O) groups excluding carboxylic acids is 1. The maximum absolute atomic E-state index is 12.3. The average Bonchev–Trinajstić information content (AvgIpc) is 3.02. The third-order valence-electron chi connectivity index (χ3n) is 4.10. The van der Waals surface area contributed by atoms with Crippen LogP contribution in [0.1, 0.15) is 12.2 Å². The van der Waals surface area contributed by atoms with Gasteiger partial charge < -0.3 is 19.4 Å². The van der Waals surface area contributed by atoms with Gasteiger partial charge in [0.25, 0.3) is 0 Å². The lowest BCUT2D eigenvalue weighted by Gasteiger charge is -2.35. The molecular weight excluding hydrogens is 270 g/mol. The Hall–Kier alpha value is -1.37. The molecule has 116 valence electrons. The summed E-state index contributed by atoms with van der Waals surface area (Å²) in [6.45, 7) is 6.46. The zero-order chi connectivity index (χ0) is 14.5. The van der Waals surface area contributed by atoms with E-state index in [2.05, 4.69) is 10.2 Å². The number of hydrogen-bond acceptors (Lipinski definition) is 5. The van der Waals surface area contributed by atoms with E-state index in [1.54, 1.807) is 6.26 Å². The molecule has 0 aliphatic carbocycles. The maximum atomic E-state index is 12.3. The number of carbonyl (C=O) groups is 1. The van der Waals surface area contributed by atoms with Gasteiger partial charge in [0.15, 0.2) is 0 Å². The molecule has 1 atom stereocenters. The molecule has 3 heterocycles. The molecule has 2 aliphatic rings. The van der Waals surface area contributed by atoms with Crippen molar-refractivity contribution in [2.45, 2.75) is 19.0 Å². The van der Waals surface area contributed by atoms with Crippen LogP contribution in [0.3, 0.4) is 0 Å². The lowest BCUT2D eigenvalue weighted by Crippen LogP contribution is -2.51. The van der Waals surface area contributed by atoms with E-state index in [1.165, 1.54) is 0 Å². The van der Waals surface area contributed by atoms with Crippen molar-refractivity contribution >= 4 is 5.91 Å². The van der Waals surface area contributed by atoms with Gasteiger partial charge in [-0.2, -0.15) is 0 Å². The largest absolute Gasteiger partial charge is 0.468 e. The normalized spacial score (nSPS) is 24.2. The molecule has 1 unspecified atom stereocenters. The van der Waals surface area contributed by atoms with Gasteiger partial charge in [-0.15, -0.1) is 0 Å². The van der Waals surface area contributed by atoms with Crippen molar-refractivity contribution in [3.05, 3.63) is 24.2 Å². The van der Waals surface area contributed by atoms with Crippen molar-refractivity contribution in [2.24, 2.45) is 0 Å². The minimum absolute atomic E-state index is 0.174. The Bertz CT molecular complexity index is 435. The van der Waals surface area contributed by atoms with Crippen molar-refractivity contribution in [3.63, 3.8) is 0 Å². The fraction of sp³-hybridized carbons (Fsp3) is 0.667. The number of amides is 1. The van der Waals surface area contributed by atoms with Gasteiger partial charge in [-0.3, -0.25) is 9.69 Å². The van der Waals surface area contributed by atoms with Crippen molar-refractivity contribution in [1.82, 2.24) is 15.1 Å². The summed E-state index contributed by atoms with van der Waals surface area (Å²) in [6, 6.07) is 4.08. The molecule has 1 amide bonds. The van der Waals surface area contributed by atoms with Crippen LogP contribution in [-0.4, -0.2) is 67.7 Å². The molecule has 2 aliphatic heterocycles. The Morgan fingerprint density at radius 2 is 2.19 bits per heavy atom. The molecule has 6 heteroatoms. The second-order valence-electron chi connectivity index (χ2n) is 5.67.